The van der Waals surface area contributed by atoms with Gasteiger partial charge in [0.15, 0.2) is 0 Å². The Kier molecular flexibility index (Phi) is 5.07. The van der Waals surface area contributed by atoms with Gasteiger partial charge in [0.05, 0.1) is 0 Å². The molecular weight excluding hydrogens is 444 g/mol. The molecule has 0 fully saturated rings. The van der Waals surface area contributed by atoms with Crippen molar-refractivity contribution in [3.05, 3.63) is 94.3 Å². The zero-order valence-corrected chi connectivity index (χ0v) is 17.0. The van der Waals surface area contributed by atoms with Crippen molar-refractivity contribution >= 4 is 34.8 Å². The van der Waals surface area contributed by atoms with Crippen molar-refractivity contribution in [2.75, 3.05) is 0 Å². The molecule has 0 aliphatic heterocycles. The molecule has 0 saturated heterocycles. The van der Waals surface area contributed by atoms with Crippen LogP contribution < -0.4 is 14.5 Å². The Hall–Kier alpha value is -2.82. The maximum atomic E-state index is 13.1. The first-order chi connectivity index (χ1) is 13.8. The molecule has 1 aromatic heterocycles. The molecule has 0 aliphatic rings. The molecule has 0 radical (unpaired) electrons. The third-order valence-corrected chi connectivity index (χ3v) is 6.77. The molecule has 0 atom stereocenters. The summed E-state index contributed by atoms with van der Waals surface area (Å²) in [6.07, 6.45) is -4.43. The van der Waals surface area contributed by atoms with Gasteiger partial charge < -0.3 is 0 Å². The van der Waals surface area contributed by atoms with E-state index in [-0.39, 0.29) is 0 Å². The van der Waals surface area contributed by atoms with E-state index in [9.17, 15) is 18.0 Å². The van der Waals surface area contributed by atoms with Crippen LogP contribution in [0, 0.1) is 6.92 Å². The summed E-state index contributed by atoms with van der Waals surface area (Å²) in [7, 11) is 0. The molecule has 3 aromatic carbocycles. The normalized spacial score (nSPS) is 11.7. The Morgan fingerprint density at radius 2 is 1.62 bits per heavy atom. The Labute approximate surface area is 171 Å². The molecule has 0 unspecified atom stereocenters. The molecule has 1 heterocycles. The van der Waals surface area contributed by atoms with Crippen LogP contribution in [0.4, 0.5) is 13.2 Å². The first-order valence-electron chi connectivity index (χ1n) is 8.81. The topological polar surface area (TPSA) is 30.2 Å². The SMILES string of the molecule is Cc1cccc2c(-c3ccccc3)c([Se]c3cccc(C(F)(F)F)c3)c(=O)oc12. The van der Waals surface area contributed by atoms with Crippen LogP contribution in [-0.2, 0) is 6.18 Å². The summed E-state index contributed by atoms with van der Waals surface area (Å²) in [6, 6.07) is 20.1. The fourth-order valence-corrected chi connectivity index (χ4v) is 5.33. The fraction of sp³-hybridized carbons (Fsp3) is 0.0870. The summed E-state index contributed by atoms with van der Waals surface area (Å²) in [6.45, 7) is 1.86. The van der Waals surface area contributed by atoms with E-state index >= 15 is 0 Å². The van der Waals surface area contributed by atoms with E-state index in [0.29, 0.717) is 14.5 Å². The summed E-state index contributed by atoms with van der Waals surface area (Å²) in [5, 5.41) is 0.777. The molecule has 146 valence electrons. The van der Waals surface area contributed by atoms with E-state index in [4.69, 9.17) is 4.42 Å². The second-order valence-corrected chi connectivity index (χ2v) is 8.81. The summed E-state index contributed by atoms with van der Waals surface area (Å²) in [5.41, 5.74) is 1.65. The maximum absolute atomic E-state index is 13.1. The second-order valence-electron chi connectivity index (χ2n) is 6.54. The Morgan fingerprint density at radius 1 is 0.897 bits per heavy atom. The number of rotatable bonds is 3. The molecule has 29 heavy (non-hydrogen) atoms. The fourth-order valence-electron chi connectivity index (χ4n) is 3.19. The van der Waals surface area contributed by atoms with Gasteiger partial charge in [0, 0.05) is 0 Å². The van der Waals surface area contributed by atoms with Gasteiger partial charge in [0.1, 0.15) is 0 Å². The summed E-state index contributed by atoms with van der Waals surface area (Å²) in [4.78, 5) is 12.9. The van der Waals surface area contributed by atoms with Gasteiger partial charge in [-0.25, -0.2) is 0 Å². The molecule has 4 aromatic rings. The molecule has 0 amide bonds. The van der Waals surface area contributed by atoms with Crippen LogP contribution >= 0.6 is 0 Å². The Morgan fingerprint density at radius 3 is 2.34 bits per heavy atom. The van der Waals surface area contributed by atoms with Crippen LogP contribution in [0.25, 0.3) is 22.1 Å². The van der Waals surface area contributed by atoms with Crippen LogP contribution in [0.2, 0.25) is 0 Å². The number of alkyl halides is 3. The Balaban J connectivity index is 1.96. The van der Waals surface area contributed by atoms with Crippen LogP contribution in [0.15, 0.2) is 82.0 Å². The molecular formula is C23H15F3O2Se. The van der Waals surface area contributed by atoms with Gasteiger partial charge in [0.2, 0.25) is 0 Å². The summed E-state index contributed by atoms with van der Waals surface area (Å²) < 4.78 is 45.8. The number of halogens is 3. The van der Waals surface area contributed by atoms with Gasteiger partial charge in [-0.2, -0.15) is 0 Å². The quantitative estimate of drug-likeness (QED) is 0.335. The second kappa shape index (κ2) is 7.54. The third kappa shape index (κ3) is 3.86. The van der Waals surface area contributed by atoms with Crippen molar-refractivity contribution in [1.29, 1.82) is 0 Å². The van der Waals surface area contributed by atoms with Gasteiger partial charge >= 0.3 is 171 Å². The van der Waals surface area contributed by atoms with Crippen LogP contribution in [0.5, 0.6) is 0 Å². The monoisotopic (exact) mass is 460 g/mol. The van der Waals surface area contributed by atoms with Crippen molar-refractivity contribution < 1.29 is 17.6 Å². The standard InChI is InChI=1S/C23H15F3O2Se/c1-14-7-5-12-18-19(15-8-3-2-4-9-15)21(22(27)28-20(14)18)29-17-11-6-10-16(13-17)23(24,25)26/h2-13H,1H3. The van der Waals surface area contributed by atoms with Crippen molar-refractivity contribution in [2.45, 2.75) is 13.1 Å². The predicted molar refractivity (Wildman–Crippen MR) is 109 cm³/mol. The van der Waals surface area contributed by atoms with Gasteiger partial charge in [-0.15, -0.1) is 0 Å². The minimum atomic E-state index is -4.43. The van der Waals surface area contributed by atoms with E-state index in [1.165, 1.54) is 6.07 Å². The van der Waals surface area contributed by atoms with Crippen LogP contribution in [0.1, 0.15) is 11.1 Å². The minimum absolute atomic E-state index is 0.404. The van der Waals surface area contributed by atoms with E-state index in [0.717, 1.165) is 34.2 Å². The summed E-state index contributed by atoms with van der Waals surface area (Å²) in [5.74, 6) is 0. The average molecular weight is 459 g/mol. The molecule has 0 N–H and O–H groups in total. The number of benzene rings is 3. The first kappa shape index (κ1) is 19.5. The van der Waals surface area contributed by atoms with Gasteiger partial charge in [-0.3, -0.25) is 0 Å². The van der Waals surface area contributed by atoms with Crippen molar-refractivity contribution in [3.8, 4) is 11.1 Å². The van der Waals surface area contributed by atoms with Crippen molar-refractivity contribution in [2.24, 2.45) is 0 Å². The van der Waals surface area contributed by atoms with E-state index in [1.807, 2.05) is 55.5 Å². The third-order valence-electron chi connectivity index (χ3n) is 4.53. The molecule has 6 heteroatoms. The van der Waals surface area contributed by atoms with E-state index < -0.39 is 32.3 Å². The van der Waals surface area contributed by atoms with Gasteiger partial charge in [0.25, 0.3) is 0 Å². The molecule has 0 spiro atoms. The number of hydrogen-bond donors (Lipinski definition) is 0. The van der Waals surface area contributed by atoms with Crippen molar-refractivity contribution in [3.63, 3.8) is 0 Å². The van der Waals surface area contributed by atoms with E-state index in [1.54, 1.807) is 6.07 Å². The van der Waals surface area contributed by atoms with Crippen LogP contribution in [-0.4, -0.2) is 15.0 Å². The molecule has 0 aliphatic carbocycles. The van der Waals surface area contributed by atoms with E-state index in [2.05, 4.69) is 0 Å². The Bertz CT molecular complexity index is 1240. The molecule has 4 rings (SSSR count). The average Bonchev–Trinajstić information content (AvgIpc) is 2.70. The number of hydrogen-bond acceptors (Lipinski definition) is 2. The molecule has 2 nitrogen and oxygen atoms in total. The number of fused-ring (bicyclic) bond motifs is 1. The summed E-state index contributed by atoms with van der Waals surface area (Å²) >= 11 is -0.662. The number of para-hydroxylation sites is 1. The zero-order chi connectivity index (χ0) is 20.6. The van der Waals surface area contributed by atoms with Gasteiger partial charge in [-0.05, 0) is 0 Å². The zero-order valence-electron chi connectivity index (χ0n) is 15.3. The predicted octanol–water partition coefficient (Wildman–Crippen LogP) is 4.44. The van der Waals surface area contributed by atoms with Crippen molar-refractivity contribution in [1.82, 2.24) is 0 Å². The molecule has 0 bridgehead atoms. The van der Waals surface area contributed by atoms with Crippen LogP contribution in [0.3, 0.4) is 0 Å². The first-order valence-corrected chi connectivity index (χ1v) is 10.5. The van der Waals surface area contributed by atoms with Gasteiger partial charge in [-0.1, -0.05) is 0 Å². The number of aryl methyl sites for hydroxylation is 1. The molecule has 0 saturated carbocycles.